The van der Waals surface area contributed by atoms with Crippen LogP contribution in [-0.4, -0.2) is 35.0 Å². The summed E-state index contributed by atoms with van der Waals surface area (Å²) in [5, 5.41) is 0. The van der Waals surface area contributed by atoms with Gasteiger partial charge in [0.15, 0.2) is 0 Å². The maximum atomic E-state index is 12.8. The van der Waals surface area contributed by atoms with E-state index in [-0.39, 0.29) is 17.5 Å². The van der Waals surface area contributed by atoms with E-state index in [2.05, 4.69) is 4.98 Å². The minimum Gasteiger partial charge on any atom is -0.491 e. The fourth-order valence-electron chi connectivity index (χ4n) is 3.07. The maximum Gasteiger partial charge on any atom is 0.254 e. The monoisotopic (exact) mass is 326 g/mol. The number of pyridine rings is 1. The zero-order valence-electron chi connectivity index (χ0n) is 13.8. The van der Waals surface area contributed by atoms with Crippen LogP contribution in [0.3, 0.4) is 0 Å². The van der Waals surface area contributed by atoms with Gasteiger partial charge in [-0.15, -0.1) is 0 Å². The van der Waals surface area contributed by atoms with Crippen LogP contribution in [0.4, 0.5) is 0 Å². The van der Waals surface area contributed by atoms with Crippen molar-refractivity contribution in [2.24, 2.45) is 0 Å². The molecule has 1 N–H and O–H groups in total. The number of rotatable bonds is 5. The van der Waals surface area contributed by atoms with Crippen LogP contribution < -0.4 is 10.3 Å². The predicted octanol–water partition coefficient (Wildman–Crippen LogP) is 2.62. The van der Waals surface area contributed by atoms with Gasteiger partial charge in [-0.25, -0.2) is 0 Å². The van der Waals surface area contributed by atoms with Gasteiger partial charge in [0.25, 0.3) is 5.91 Å². The number of para-hydroxylation sites is 1. The number of ether oxygens (including phenoxy) is 1. The molecular formula is C19H22N2O3. The number of aromatic nitrogens is 1. The van der Waals surface area contributed by atoms with Crippen molar-refractivity contribution in [2.45, 2.75) is 32.2 Å². The van der Waals surface area contributed by atoms with E-state index in [0.717, 1.165) is 24.3 Å². The summed E-state index contributed by atoms with van der Waals surface area (Å²) in [6.07, 6.45) is 2.57. The number of nitrogens with zero attached hydrogens (tertiary/aromatic N) is 1. The van der Waals surface area contributed by atoms with E-state index in [1.54, 1.807) is 6.07 Å². The van der Waals surface area contributed by atoms with Crippen LogP contribution in [0.15, 0.2) is 47.3 Å². The first-order valence-corrected chi connectivity index (χ1v) is 8.39. The molecule has 1 aromatic carbocycles. The topological polar surface area (TPSA) is 62.4 Å². The zero-order chi connectivity index (χ0) is 16.9. The van der Waals surface area contributed by atoms with E-state index in [9.17, 15) is 9.59 Å². The highest BCUT2D eigenvalue weighted by atomic mass is 16.5. The number of hydrogen-bond donors (Lipinski definition) is 1. The molecule has 2 aromatic rings. The number of carbonyl (C=O) groups excluding carboxylic acids is 1. The number of carbonyl (C=O) groups is 1. The third-order valence-electron chi connectivity index (χ3n) is 4.35. The number of hydrogen-bond acceptors (Lipinski definition) is 3. The summed E-state index contributed by atoms with van der Waals surface area (Å²) >= 11 is 0. The smallest absolute Gasteiger partial charge is 0.254 e. The molecule has 0 aliphatic carbocycles. The lowest BCUT2D eigenvalue weighted by Gasteiger charge is -2.25. The lowest BCUT2D eigenvalue weighted by Crippen LogP contribution is -2.39. The third kappa shape index (κ3) is 3.67. The minimum absolute atomic E-state index is 0.0436. The Morgan fingerprint density at radius 1 is 1.29 bits per heavy atom. The van der Waals surface area contributed by atoms with E-state index >= 15 is 0 Å². The van der Waals surface area contributed by atoms with Crippen molar-refractivity contribution in [2.75, 3.05) is 13.2 Å². The van der Waals surface area contributed by atoms with E-state index in [0.29, 0.717) is 25.1 Å². The number of nitrogens with one attached hydrogen (secondary N) is 1. The molecule has 126 valence electrons. The van der Waals surface area contributed by atoms with Crippen LogP contribution in [0.2, 0.25) is 0 Å². The molecule has 3 rings (SSSR count). The summed E-state index contributed by atoms with van der Waals surface area (Å²) in [4.78, 5) is 29.1. The number of H-pyrrole nitrogens is 1. The van der Waals surface area contributed by atoms with Crippen LogP contribution in [0, 0.1) is 0 Å². The van der Waals surface area contributed by atoms with Crippen LogP contribution in [-0.2, 0) is 6.42 Å². The minimum atomic E-state index is -0.228. The lowest BCUT2D eigenvalue weighted by molar-refractivity contribution is 0.0691. The quantitative estimate of drug-likeness (QED) is 0.919. The molecule has 0 spiro atoms. The van der Waals surface area contributed by atoms with Crippen molar-refractivity contribution in [3.05, 3.63) is 64.1 Å². The molecule has 0 bridgehead atoms. The largest absolute Gasteiger partial charge is 0.491 e. The summed E-state index contributed by atoms with van der Waals surface area (Å²) < 4.78 is 5.81. The molecule has 0 saturated carbocycles. The van der Waals surface area contributed by atoms with Crippen molar-refractivity contribution in [3.8, 4) is 5.75 Å². The van der Waals surface area contributed by atoms with Gasteiger partial charge in [-0.05, 0) is 37.5 Å². The number of aryl methyl sites for hydroxylation is 1. The predicted molar refractivity (Wildman–Crippen MR) is 92.4 cm³/mol. The molecular weight excluding hydrogens is 304 g/mol. The SMILES string of the molecule is CCc1cc(C(=O)N2CCC[C@@H]2COc2ccccc2)cc(=O)[nH]1. The Morgan fingerprint density at radius 2 is 2.08 bits per heavy atom. The standard InChI is InChI=1S/C19H22N2O3/c1-2-15-11-14(12-18(22)20-15)19(23)21-10-6-7-16(21)13-24-17-8-4-3-5-9-17/h3-5,8-9,11-12,16H,2,6-7,10,13H2,1H3,(H,20,22)/t16-/m1/s1. The number of likely N-dealkylation sites (tertiary alicyclic amines) is 1. The molecule has 0 radical (unpaired) electrons. The van der Waals surface area contributed by atoms with Gasteiger partial charge < -0.3 is 14.6 Å². The molecule has 1 aliphatic rings. The van der Waals surface area contributed by atoms with Crippen molar-refractivity contribution >= 4 is 5.91 Å². The molecule has 1 saturated heterocycles. The van der Waals surface area contributed by atoms with E-state index in [4.69, 9.17) is 4.74 Å². The Hall–Kier alpha value is -2.56. The number of benzene rings is 1. The second-order valence-corrected chi connectivity index (χ2v) is 6.03. The van der Waals surface area contributed by atoms with Crippen LogP contribution in [0.5, 0.6) is 5.75 Å². The van der Waals surface area contributed by atoms with Gasteiger partial charge in [0.05, 0.1) is 6.04 Å². The Morgan fingerprint density at radius 3 is 2.83 bits per heavy atom. The Labute approximate surface area is 141 Å². The highest BCUT2D eigenvalue weighted by molar-refractivity contribution is 5.94. The second kappa shape index (κ2) is 7.34. The van der Waals surface area contributed by atoms with E-state index < -0.39 is 0 Å². The average molecular weight is 326 g/mol. The van der Waals surface area contributed by atoms with Gasteiger partial charge in [-0.2, -0.15) is 0 Å². The first-order chi connectivity index (χ1) is 11.7. The summed E-state index contributed by atoms with van der Waals surface area (Å²) in [7, 11) is 0. The summed E-state index contributed by atoms with van der Waals surface area (Å²) in [6.45, 7) is 3.13. The van der Waals surface area contributed by atoms with E-state index in [1.165, 1.54) is 6.07 Å². The van der Waals surface area contributed by atoms with Crippen molar-refractivity contribution in [3.63, 3.8) is 0 Å². The van der Waals surface area contributed by atoms with Gasteiger partial charge in [0, 0.05) is 23.9 Å². The summed E-state index contributed by atoms with van der Waals surface area (Å²) in [5.41, 5.74) is 1.01. The summed E-state index contributed by atoms with van der Waals surface area (Å²) in [6, 6.07) is 12.8. The van der Waals surface area contributed by atoms with E-state index in [1.807, 2.05) is 42.2 Å². The molecule has 5 heteroatoms. The first kappa shape index (κ1) is 16.3. The molecule has 2 heterocycles. The second-order valence-electron chi connectivity index (χ2n) is 6.03. The van der Waals surface area contributed by atoms with Gasteiger partial charge in [0.2, 0.25) is 5.56 Å². The van der Waals surface area contributed by atoms with Crippen LogP contribution in [0.1, 0.15) is 35.8 Å². The zero-order valence-corrected chi connectivity index (χ0v) is 13.8. The molecule has 1 amide bonds. The first-order valence-electron chi connectivity index (χ1n) is 8.39. The van der Waals surface area contributed by atoms with Crippen molar-refractivity contribution in [1.82, 2.24) is 9.88 Å². The Balaban J connectivity index is 1.71. The third-order valence-corrected chi connectivity index (χ3v) is 4.35. The fourth-order valence-corrected chi connectivity index (χ4v) is 3.07. The lowest BCUT2D eigenvalue weighted by atomic mass is 10.1. The molecule has 0 unspecified atom stereocenters. The van der Waals surface area contributed by atoms with Crippen molar-refractivity contribution < 1.29 is 9.53 Å². The Kier molecular flexibility index (Phi) is 4.99. The average Bonchev–Trinajstić information content (AvgIpc) is 3.08. The highest BCUT2D eigenvalue weighted by Gasteiger charge is 2.30. The van der Waals surface area contributed by atoms with Gasteiger partial charge in [-0.3, -0.25) is 9.59 Å². The fraction of sp³-hybridized carbons (Fsp3) is 0.368. The van der Waals surface area contributed by atoms with Gasteiger partial charge >= 0.3 is 0 Å². The Bertz CT molecular complexity index is 755. The number of amides is 1. The maximum absolute atomic E-state index is 12.8. The molecule has 5 nitrogen and oxygen atoms in total. The van der Waals surface area contributed by atoms with Crippen LogP contribution >= 0.6 is 0 Å². The van der Waals surface area contributed by atoms with Crippen LogP contribution in [0.25, 0.3) is 0 Å². The molecule has 1 fully saturated rings. The van der Waals surface area contributed by atoms with Gasteiger partial charge in [-0.1, -0.05) is 25.1 Å². The van der Waals surface area contributed by atoms with Crippen molar-refractivity contribution in [1.29, 1.82) is 0 Å². The molecule has 1 aliphatic heterocycles. The highest BCUT2D eigenvalue weighted by Crippen LogP contribution is 2.21. The number of aromatic amines is 1. The normalized spacial score (nSPS) is 17.0. The summed E-state index contributed by atoms with van der Waals surface area (Å²) in [5.74, 6) is 0.719. The molecule has 1 atom stereocenters. The molecule has 24 heavy (non-hydrogen) atoms. The molecule has 1 aromatic heterocycles. The van der Waals surface area contributed by atoms with Gasteiger partial charge in [0.1, 0.15) is 12.4 Å².